The smallest absolute Gasteiger partial charge is 0.218 e. The van der Waals surface area contributed by atoms with E-state index in [2.05, 4.69) is 13.5 Å². The first-order valence-electron chi connectivity index (χ1n) is 4.51. The average molecular weight is 169 g/mol. The van der Waals surface area contributed by atoms with Crippen LogP contribution in [0.2, 0.25) is 0 Å². The number of hydrogen-bond acceptors (Lipinski definition) is 1. The molecule has 1 atom stereocenters. The molecule has 1 unspecified atom stereocenters. The first kappa shape index (κ1) is 11.2. The van der Waals surface area contributed by atoms with Crippen LogP contribution in [-0.2, 0) is 4.79 Å². The number of unbranched alkanes of at least 4 members (excludes halogenated alkanes) is 1. The zero-order valence-corrected chi connectivity index (χ0v) is 8.10. The van der Waals surface area contributed by atoms with Gasteiger partial charge in [0.1, 0.15) is 0 Å². The molecule has 0 rings (SSSR count). The molecule has 70 valence electrons. The summed E-state index contributed by atoms with van der Waals surface area (Å²) in [5, 5.41) is 0. The molecule has 0 aliphatic rings. The van der Waals surface area contributed by atoms with Crippen molar-refractivity contribution >= 4 is 5.91 Å². The van der Waals surface area contributed by atoms with E-state index in [0.29, 0.717) is 12.3 Å². The van der Waals surface area contributed by atoms with E-state index in [1.807, 2.05) is 6.92 Å². The van der Waals surface area contributed by atoms with Crippen molar-refractivity contribution in [1.82, 2.24) is 0 Å². The predicted octanol–water partition coefficient (Wildman–Crippen LogP) is 2.24. The lowest BCUT2D eigenvalue weighted by Gasteiger charge is -2.13. The van der Waals surface area contributed by atoms with Crippen molar-refractivity contribution in [2.24, 2.45) is 11.7 Å². The normalized spacial score (nSPS) is 12.5. The summed E-state index contributed by atoms with van der Waals surface area (Å²) >= 11 is 0. The third-order valence-electron chi connectivity index (χ3n) is 2.05. The Bertz CT molecular complexity index is 163. The summed E-state index contributed by atoms with van der Waals surface area (Å²) in [7, 11) is 0. The number of amides is 1. The second kappa shape index (κ2) is 5.81. The van der Waals surface area contributed by atoms with Crippen molar-refractivity contribution in [2.75, 3.05) is 0 Å². The van der Waals surface area contributed by atoms with Gasteiger partial charge >= 0.3 is 0 Å². The summed E-state index contributed by atoms with van der Waals surface area (Å²) < 4.78 is 0. The first-order valence-corrected chi connectivity index (χ1v) is 4.51. The fraction of sp³-hybridized carbons (Fsp3) is 0.700. The predicted molar refractivity (Wildman–Crippen MR) is 51.6 cm³/mol. The topological polar surface area (TPSA) is 43.1 Å². The highest BCUT2D eigenvalue weighted by Crippen LogP contribution is 2.19. The molecule has 0 aromatic heterocycles. The van der Waals surface area contributed by atoms with Crippen LogP contribution in [0.1, 0.15) is 39.5 Å². The van der Waals surface area contributed by atoms with Crippen LogP contribution >= 0.6 is 0 Å². The highest BCUT2D eigenvalue weighted by molar-refractivity contribution is 5.74. The van der Waals surface area contributed by atoms with Gasteiger partial charge in [-0.1, -0.05) is 31.9 Å². The number of primary amides is 1. The maximum absolute atomic E-state index is 10.7. The zero-order valence-electron chi connectivity index (χ0n) is 8.10. The van der Waals surface area contributed by atoms with Gasteiger partial charge in [0.05, 0.1) is 0 Å². The Morgan fingerprint density at radius 2 is 2.17 bits per heavy atom. The molecule has 0 aromatic carbocycles. The van der Waals surface area contributed by atoms with E-state index in [9.17, 15) is 4.79 Å². The minimum atomic E-state index is -0.223. The lowest BCUT2D eigenvalue weighted by atomic mass is 9.92. The van der Waals surface area contributed by atoms with Crippen LogP contribution < -0.4 is 5.73 Å². The number of nitrogens with two attached hydrogens (primary N) is 1. The SMILES string of the molecule is C=C(C)C(CCCC)CC(N)=O. The third-order valence-corrected chi connectivity index (χ3v) is 2.05. The molecule has 0 radical (unpaired) electrons. The van der Waals surface area contributed by atoms with Gasteiger partial charge in [0.25, 0.3) is 0 Å². The van der Waals surface area contributed by atoms with E-state index in [4.69, 9.17) is 5.73 Å². The Labute approximate surface area is 74.8 Å². The molecule has 0 aliphatic heterocycles. The lowest BCUT2D eigenvalue weighted by Crippen LogP contribution is -2.16. The molecule has 0 aromatic rings. The monoisotopic (exact) mass is 169 g/mol. The Kier molecular flexibility index (Phi) is 5.43. The van der Waals surface area contributed by atoms with E-state index in [1.165, 1.54) is 0 Å². The van der Waals surface area contributed by atoms with Gasteiger partial charge in [-0.25, -0.2) is 0 Å². The molecular formula is C10H19NO. The molecule has 0 heterocycles. The molecule has 0 bridgehead atoms. The summed E-state index contributed by atoms with van der Waals surface area (Å²) in [5.41, 5.74) is 6.19. The molecular weight excluding hydrogens is 150 g/mol. The Morgan fingerprint density at radius 3 is 2.50 bits per heavy atom. The van der Waals surface area contributed by atoms with E-state index in [-0.39, 0.29) is 5.91 Å². The molecule has 0 saturated heterocycles. The van der Waals surface area contributed by atoms with E-state index >= 15 is 0 Å². The number of hydrogen-bond donors (Lipinski definition) is 1. The largest absolute Gasteiger partial charge is 0.370 e. The molecule has 0 fully saturated rings. The number of carbonyl (C=O) groups excluding carboxylic acids is 1. The van der Waals surface area contributed by atoms with Crippen molar-refractivity contribution < 1.29 is 4.79 Å². The number of allylic oxidation sites excluding steroid dienone is 1. The van der Waals surface area contributed by atoms with Crippen molar-refractivity contribution in [1.29, 1.82) is 0 Å². The van der Waals surface area contributed by atoms with Crippen LogP contribution in [0, 0.1) is 5.92 Å². The Morgan fingerprint density at radius 1 is 1.58 bits per heavy atom. The van der Waals surface area contributed by atoms with E-state index in [1.54, 1.807) is 0 Å². The molecule has 1 amide bonds. The Hall–Kier alpha value is -0.790. The fourth-order valence-electron chi connectivity index (χ4n) is 1.22. The summed E-state index contributed by atoms with van der Waals surface area (Å²) in [6, 6.07) is 0. The van der Waals surface area contributed by atoms with Crippen LogP contribution in [0.25, 0.3) is 0 Å². The summed E-state index contributed by atoms with van der Waals surface area (Å²) in [6.45, 7) is 7.95. The summed E-state index contributed by atoms with van der Waals surface area (Å²) in [5.74, 6) is 0.0709. The van der Waals surface area contributed by atoms with Crippen LogP contribution in [0.5, 0.6) is 0 Å². The maximum Gasteiger partial charge on any atom is 0.218 e. The number of carbonyl (C=O) groups is 1. The highest BCUT2D eigenvalue weighted by atomic mass is 16.1. The molecule has 0 aliphatic carbocycles. The first-order chi connectivity index (χ1) is 5.57. The molecule has 2 nitrogen and oxygen atoms in total. The van der Waals surface area contributed by atoms with Crippen molar-refractivity contribution in [3.8, 4) is 0 Å². The molecule has 2 heteroatoms. The van der Waals surface area contributed by atoms with Gasteiger partial charge in [0.15, 0.2) is 0 Å². The van der Waals surface area contributed by atoms with Crippen molar-refractivity contribution in [3.05, 3.63) is 12.2 Å². The minimum absolute atomic E-state index is 0.223. The van der Waals surface area contributed by atoms with Gasteiger partial charge < -0.3 is 5.73 Å². The number of rotatable bonds is 6. The molecule has 12 heavy (non-hydrogen) atoms. The van der Waals surface area contributed by atoms with E-state index < -0.39 is 0 Å². The third kappa shape index (κ3) is 4.94. The summed E-state index contributed by atoms with van der Waals surface area (Å²) in [4.78, 5) is 10.7. The zero-order chi connectivity index (χ0) is 9.56. The van der Waals surface area contributed by atoms with Crippen molar-refractivity contribution in [2.45, 2.75) is 39.5 Å². The van der Waals surface area contributed by atoms with E-state index in [0.717, 1.165) is 24.8 Å². The van der Waals surface area contributed by atoms with Gasteiger partial charge in [0.2, 0.25) is 5.91 Å². The highest BCUT2D eigenvalue weighted by Gasteiger charge is 2.11. The second-order valence-corrected chi connectivity index (χ2v) is 3.36. The van der Waals surface area contributed by atoms with Crippen LogP contribution in [0.15, 0.2) is 12.2 Å². The summed E-state index contributed by atoms with van der Waals surface area (Å²) in [6.07, 6.45) is 3.79. The van der Waals surface area contributed by atoms with Crippen LogP contribution in [0.4, 0.5) is 0 Å². The maximum atomic E-state index is 10.7. The quantitative estimate of drug-likeness (QED) is 0.609. The fourth-order valence-corrected chi connectivity index (χ4v) is 1.22. The van der Waals surface area contributed by atoms with Gasteiger partial charge in [-0.15, -0.1) is 0 Å². The van der Waals surface area contributed by atoms with Gasteiger partial charge in [0, 0.05) is 6.42 Å². The standard InChI is InChI=1S/C10H19NO/c1-4-5-6-9(8(2)3)7-10(11)12/h9H,2,4-7H2,1,3H3,(H2,11,12). The second-order valence-electron chi connectivity index (χ2n) is 3.36. The Balaban J connectivity index is 3.87. The van der Waals surface area contributed by atoms with Gasteiger partial charge in [-0.05, 0) is 19.3 Å². The van der Waals surface area contributed by atoms with Gasteiger partial charge in [-0.2, -0.15) is 0 Å². The molecule has 0 saturated carbocycles. The molecule has 2 N–H and O–H groups in total. The minimum Gasteiger partial charge on any atom is -0.370 e. The van der Waals surface area contributed by atoms with Crippen LogP contribution in [0.3, 0.4) is 0 Å². The average Bonchev–Trinajstić information content (AvgIpc) is 1.96. The van der Waals surface area contributed by atoms with Gasteiger partial charge in [-0.3, -0.25) is 4.79 Å². The van der Waals surface area contributed by atoms with Crippen molar-refractivity contribution in [3.63, 3.8) is 0 Å². The lowest BCUT2D eigenvalue weighted by molar-refractivity contribution is -0.118. The molecule has 0 spiro atoms. The van der Waals surface area contributed by atoms with Crippen LogP contribution in [-0.4, -0.2) is 5.91 Å².